The fourth-order valence-corrected chi connectivity index (χ4v) is 2.90. The molecule has 0 bridgehead atoms. The van der Waals surface area contributed by atoms with Crippen molar-refractivity contribution in [2.24, 2.45) is 0 Å². The van der Waals surface area contributed by atoms with Crippen molar-refractivity contribution in [3.63, 3.8) is 0 Å². The SMILES string of the molecule is [Al][NH]c1ccccc1-c1cccc(-c2ccccc2[NH][Al])n1. The third kappa shape index (κ3) is 3.04. The summed E-state index contributed by atoms with van der Waals surface area (Å²) in [4.78, 5) is 4.83. The first-order valence-electron chi connectivity index (χ1n) is 6.92. The summed E-state index contributed by atoms with van der Waals surface area (Å²) in [5, 5.41) is 0. The molecule has 0 spiro atoms. The topological polar surface area (TPSA) is 37.0 Å². The van der Waals surface area contributed by atoms with Gasteiger partial charge in [0.15, 0.2) is 0 Å². The van der Waals surface area contributed by atoms with Gasteiger partial charge < -0.3 is 8.60 Å². The number of nitrogens with one attached hydrogen (secondary N) is 2. The van der Waals surface area contributed by atoms with E-state index >= 15 is 0 Å². The molecule has 0 amide bonds. The van der Waals surface area contributed by atoms with Gasteiger partial charge in [-0.05, 0) is 24.3 Å². The molecule has 2 aromatic carbocycles. The number of hydrogen-bond acceptors (Lipinski definition) is 3. The third-order valence-corrected chi connectivity index (χ3v) is 4.09. The number of aromatic nitrogens is 1. The minimum Gasteiger partial charge on any atom is -0.491 e. The second-order valence-electron chi connectivity index (χ2n) is 4.79. The summed E-state index contributed by atoms with van der Waals surface area (Å²) in [7, 11) is 0. The Balaban J connectivity index is 2.10. The van der Waals surface area contributed by atoms with Gasteiger partial charge in [0, 0.05) is 22.5 Å². The lowest BCUT2D eigenvalue weighted by Gasteiger charge is -2.12. The Hall–Kier alpha value is -1.75. The van der Waals surface area contributed by atoms with Crippen LogP contribution in [0.1, 0.15) is 0 Å². The molecule has 3 aromatic rings. The lowest BCUT2D eigenvalue weighted by Crippen LogP contribution is -1.97. The van der Waals surface area contributed by atoms with E-state index in [4.69, 9.17) is 4.98 Å². The van der Waals surface area contributed by atoms with Gasteiger partial charge in [0.1, 0.15) is 0 Å². The Labute approximate surface area is 147 Å². The number of benzene rings is 2. The maximum atomic E-state index is 4.83. The highest BCUT2D eigenvalue weighted by atomic mass is 27.1. The van der Waals surface area contributed by atoms with Crippen molar-refractivity contribution in [2.75, 3.05) is 8.60 Å². The van der Waals surface area contributed by atoms with E-state index in [0.29, 0.717) is 0 Å². The van der Waals surface area contributed by atoms with Crippen LogP contribution in [-0.2, 0) is 0 Å². The molecule has 4 radical (unpaired) electrons. The predicted molar refractivity (Wildman–Crippen MR) is 93.9 cm³/mol. The Morgan fingerprint density at radius 3 is 1.50 bits per heavy atom. The summed E-state index contributed by atoms with van der Waals surface area (Å²) >= 11 is 5.08. The fraction of sp³-hybridized carbons (Fsp3) is 0. The molecule has 22 heavy (non-hydrogen) atoms. The summed E-state index contributed by atoms with van der Waals surface area (Å²) in [6.07, 6.45) is 0. The number of pyridine rings is 1. The Morgan fingerprint density at radius 1 is 0.591 bits per heavy atom. The number of hydrogen-bond donors (Lipinski definition) is 2. The second-order valence-corrected chi connectivity index (χ2v) is 5.37. The largest absolute Gasteiger partial charge is 0.491 e. The van der Waals surface area contributed by atoms with E-state index in [9.17, 15) is 0 Å². The van der Waals surface area contributed by atoms with Gasteiger partial charge in [0.25, 0.3) is 0 Å². The first-order chi connectivity index (χ1) is 10.8. The molecule has 1 aromatic heterocycles. The van der Waals surface area contributed by atoms with Crippen LogP contribution in [0.2, 0.25) is 0 Å². The van der Waals surface area contributed by atoms with Crippen molar-refractivity contribution in [3.05, 3.63) is 66.7 Å². The highest BCUT2D eigenvalue weighted by molar-refractivity contribution is 6.17. The molecule has 2 N–H and O–H groups in total. The van der Waals surface area contributed by atoms with Crippen molar-refractivity contribution in [1.82, 2.24) is 4.98 Å². The van der Waals surface area contributed by atoms with Gasteiger partial charge in [-0.2, -0.15) is 0 Å². The predicted octanol–water partition coefficient (Wildman–Crippen LogP) is 3.41. The molecule has 5 heteroatoms. The molecule has 0 aliphatic heterocycles. The Bertz CT molecular complexity index is 727. The van der Waals surface area contributed by atoms with Crippen molar-refractivity contribution < 1.29 is 0 Å². The van der Waals surface area contributed by atoms with Crippen LogP contribution in [-0.4, -0.2) is 38.0 Å². The number of rotatable bonds is 4. The van der Waals surface area contributed by atoms with Crippen LogP contribution in [0.4, 0.5) is 11.4 Å². The second kappa shape index (κ2) is 7.01. The lowest BCUT2D eigenvalue weighted by molar-refractivity contribution is 1.32. The number of para-hydroxylation sites is 2. The average Bonchev–Trinajstić information content (AvgIpc) is 2.61. The first kappa shape index (κ1) is 15.2. The smallest absolute Gasteiger partial charge is 0.305 e. The van der Waals surface area contributed by atoms with E-state index in [1.54, 1.807) is 0 Å². The molecule has 0 atom stereocenters. The van der Waals surface area contributed by atoms with E-state index < -0.39 is 0 Å². The summed E-state index contributed by atoms with van der Waals surface area (Å²) in [6, 6.07) is 22.4. The van der Waals surface area contributed by atoms with Gasteiger partial charge in [-0.3, -0.25) is 0 Å². The summed E-state index contributed by atoms with van der Waals surface area (Å²) in [5.41, 5.74) is 6.12. The number of nitrogens with zero attached hydrogens (tertiary/aromatic N) is 1. The maximum Gasteiger partial charge on any atom is 0.305 e. The highest BCUT2D eigenvalue weighted by Gasteiger charge is 2.08. The Kier molecular flexibility index (Phi) is 4.83. The van der Waals surface area contributed by atoms with Crippen molar-refractivity contribution in [2.45, 2.75) is 0 Å². The third-order valence-electron chi connectivity index (χ3n) is 3.47. The molecular weight excluding hydrogens is 300 g/mol. The molecular formula is C17H13Al2N3. The van der Waals surface area contributed by atoms with E-state index in [2.05, 4.69) is 53.8 Å². The van der Waals surface area contributed by atoms with Crippen molar-refractivity contribution in [1.29, 1.82) is 0 Å². The molecule has 0 aliphatic rings. The number of anilines is 2. The molecule has 102 valence electrons. The summed E-state index contributed by atoms with van der Waals surface area (Å²) in [5.74, 6) is 0. The zero-order valence-corrected chi connectivity index (χ0v) is 14.3. The van der Waals surface area contributed by atoms with Gasteiger partial charge in [-0.25, -0.2) is 4.98 Å². The average molecular weight is 313 g/mol. The maximum absolute atomic E-state index is 4.83. The van der Waals surface area contributed by atoms with E-state index in [1.165, 1.54) is 0 Å². The zero-order valence-electron chi connectivity index (χ0n) is 12.0. The molecule has 3 rings (SSSR count). The van der Waals surface area contributed by atoms with Gasteiger partial charge in [-0.1, -0.05) is 42.5 Å². The summed E-state index contributed by atoms with van der Waals surface area (Å²) < 4.78 is 6.27. The molecule has 0 fully saturated rings. The standard InChI is InChI=1S/C17H13N3.2Al/c18-14-8-3-1-6-12(14)16-10-5-11-17(20-16)13-7-2-4-9-15(13)19;;/h1-11,18-19H;;/q-2;2*+1. The van der Waals surface area contributed by atoms with E-state index in [-0.39, 0.29) is 0 Å². The molecule has 0 aliphatic carbocycles. The van der Waals surface area contributed by atoms with Gasteiger partial charge in [-0.15, -0.1) is 0 Å². The molecule has 0 saturated heterocycles. The van der Waals surface area contributed by atoms with E-state index in [0.717, 1.165) is 33.9 Å². The van der Waals surface area contributed by atoms with Crippen LogP contribution in [0.15, 0.2) is 66.7 Å². The van der Waals surface area contributed by atoms with Gasteiger partial charge in [0.2, 0.25) is 0 Å². The molecule has 3 nitrogen and oxygen atoms in total. The lowest BCUT2D eigenvalue weighted by atomic mass is 10.1. The first-order valence-corrected chi connectivity index (χ1v) is 8.08. The van der Waals surface area contributed by atoms with Crippen molar-refractivity contribution >= 4 is 44.4 Å². The van der Waals surface area contributed by atoms with Crippen LogP contribution in [0, 0.1) is 0 Å². The summed E-state index contributed by atoms with van der Waals surface area (Å²) in [6.45, 7) is 0. The highest BCUT2D eigenvalue weighted by Crippen LogP contribution is 2.30. The van der Waals surface area contributed by atoms with Crippen LogP contribution >= 0.6 is 0 Å². The van der Waals surface area contributed by atoms with Gasteiger partial charge >= 0.3 is 33.0 Å². The van der Waals surface area contributed by atoms with Crippen LogP contribution < -0.4 is 8.60 Å². The fourth-order valence-electron chi connectivity index (χ4n) is 2.40. The molecule has 1 heterocycles. The molecule has 0 unspecified atom stereocenters. The minimum atomic E-state index is 0.946. The quantitative estimate of drug-likeness (QED) is 0.725. The Morgan fingerprint density at radius 2 is 1.05 bits per heavy atom. The minimum absolute atomic E-state index is 0.946. The normalized spacial score (nSPS) is 10.2. The zero-order chi connectivity index (χ0) is 15.4. The van der Waals surface area contributed by atoms with Crippen LogP contribution in [0.25, 0.3) is 22.5 Å². The molecule has 0 saturated carbocycles. The van der Waals surface area contributed by atoms with Gasteiger partial charge in [0.05, 0.1) is 11.4 Å². The van der Waals surface area contributed by atoms with Crippen molar-refractivity contribution in [3.8, 4) is 22.5 Å². The monoisotopic (exact) mass is 313 g/mol. The van der Waals surface area contributed by atoms with Crippen LogP contribution in [0.5, 0.6) is 0 Å². The van der Waals surface area contributed by atoms with E-state index in [1.807, 2.05) is 54.6 Å². The van der Waals surface area contributed by atoms with Crippen LogP contribution in [0.3, 0.4) is 0 Å².